The lowest BCUT2D eigenvalue weighted by molar-refractivity contribution is 0.597. The SMILES string of the molecule is Br.NS(=O)(=O)c1ccc(Cn2c(-c3ccc(Br)cc3)csc2=Nc2ccccc2)cc1. The fourth-order valence-corrected chi connectivity index (χ4v) is 4.71. The van der Waals surface area contributed by atoms with Gasteiger partial charge >= 0.3 is 0 Å². The zero-order valence-corrected chi connectivity index (χ0v) is 21.1. The highest BCUT2D eigenvalue weighted by molar-refractivity contribution is 9.10. The van der Waals surface area contributed by atoms with Crippen molar-refractivity contribution in [1.29, 1.82) is 0 Å². The number of halogens is 2. The van der Waals surface area contributed by atoms with Gasteiger partial charge in [0, 0.05) is 9.85 Å². The molecule has 0 saturated heterocycles. The number of nitrogens with zero attached hydrogens (tertiary/aromatic N) is 2. The van der Waals surface area contributed by atoms with Crippen molar-refractivity contribution in [3.63, 3.8) is 0 Å². The van der Waals surface area contributed by atoms with E-state index in [0.29, 0.717) is 6.54 Å². The van der Waals surface area contributed by atoms with Crippen molar-refractivity contribution in [1.82, 2.24) is 4.57 Å². The van der Waals surface area contributed by atoms with Crippen molar-refractivity contribution in [3.05, 3.63) is 99.1 Å². The van der Waals surface area contributed by atoms with E-state index >= 15 is 0 Å². The Balaban J connectivity index is 0.00000272. The minimum atomic E-state index is -3.71. The molecule has 9 heteroatoms. The van der Waals surface area contributed by atoms with E-state index in [1.165, 1.54) is 12.1 Å². The zero-order chi connectivity index (χ0) is 21.1. The summed E-state index contributed by atoms with van der Waals surface area (Å²) in [7, 11) is -3.71. The summed E-state index contributed by atoms with van der Waals surface area (Å²) in [5.41, 5.74) is 3.94. The Bertz CT molecular complexity index is 1330. The molecule has 1 aromatic heterocycles. The maximum atomic E-state index is 11.5. The van der Waals surface area contributed by atoms with Crippen LogP contribution in [0.15, 0.2) is 98.6 Å². The molecule has 5 nitrogen and oxygen atoms in total. The molecule has 3 aromatic carbocycles. The number of thiazole rings is 1. The van der Waals surface area contributed by atoms with Crippen LogP contribution >= 0.6 is 44.2 Å². The second kappa shape index (κ2) is 10.1. The Morgan fingerprint density at radius 2 is 1.58 bits per heavy atom. The number of hydrogen-bond donors (Lipinski definition) is 1. The minimum Gasteiger partial charge on any atom is -0.312 e. The van der Waals surface area contributed by atoms with Crippen LogP contribution in [0.3, 0.4) is 0 Å². The Kier molecular flexibility index (Phi) is 7.66. The van der Waals surface area contributed by atoms with Crippen molar-refractivity contribution in [2.24, 2.45) is 10.1 Å². The molecule has 4 aromatic rings. The van der Waals surface area contributed by atoms with Gasteiger partial charge in [0.1, 0.15) is 0 Å². The lowest BCUT2D eigenvalue weighted by atomic mass is 10.1. The number of para-hydroxylation sites is 1. The molecule has 0 radical (unpaired) electrons. The summed E-state index contributed by atoms with van der Waals surface area (Å²) < 4.78 is 26.2. The van der Waals surface area contributed by atoms with E-state index in [2.05, 4.69) is 38.0 Å². The van der Waals surface area contributed by atoms with Crippen molar-refractivity contribution in [2.75, 3.05) is 0 Å². The lowest BCUT2D eigenvalue weighted by Crippen LogP contribution is -2.17. The third-order valence-corrected chi connectivity index (χ3v) is 6.83. The first-order chi connectivity index (χ1) is 14.4. The van der Waals surface area contributed by atoms with Gasteiger partial charge in [0.15, 0.2) is 4.80 Å². The zero-order valence-electron chi connectivity index (χ0n) is 16.2. The third-order valence-electron chi connectivity index (χ3n) is 4.51. The van der Waals surface area contributed by atoms with Crippen LogP contribution in [0.25, 0.3) is 11.3 Å². The number of sulfonamides is 1. The summed E-state index contributed by atoms with van der Waals surface area (Å²) >= 11 is 5.05. The van der Waals surface area contributed by atoms with Crippen LogP contribution in [0.5, 0.6) is 0 Å². The molecule has 0 aliphatic heterocycles. The van der Waals surface area contributed by atoms with Crippen LogP contribution in [0.4, 0.5) is 5.69 Å². The minimum absolute atomic E-state index is 0. The van der Waals surface area contributed by atoms with Crippen LogP contribution in [0, 0.1) is 0 Å². The normalized spacial score (nSPS) is 11.9. The van der Waals surface area contributed by atoms with E-state index in [-0.39, 0.29) is 21.9 Å². The first-order valence-electron chi connectivity index (χ1n) is 9.06. The van der Waals surface area contributed by atoms with E-state index in [1.807, 2.05) is 42.5 Å². The molecule has 0 saturated carbocycles. The summed E-state index contributed by atoms with van der Waals surface area (Å²) in [6.07, 6.45) is 0. The number of benzene rings is 3. The van der Waals surface area contributed by atoms with Gasteiger partial charge in [0.2, 0.25) is 10.0 Å². The highest BCUT2D eigenvalue weighted by Crippen LogP contribution is 2.24. The van der Waals surface area contributed by atoms with Gasteiger partial charge in [-0.25, -0.2) is 18.5 Å². The molecule has 0 unspecified atom stereocenters. The molecule has 0 amide bonds. The molecule has 0 bridgehead atoms. The second-order valence-corrected chi connectivity index (χ2v) is 9.95. The van der Waals surface area contributed by atoms with Crippen LogP contribution in [0.2, 0.25) is 0 Å². The molecule has 1 heterocycles. The summed E-state index contributed by atoms with van der Waals surface area (Å²) in [5, 5.41) is 7.30. The van der Waals surface area contributed by atoms with Crippen LogP contribution in [-0.2, 0) is 16.6 Å². The highest BCUT2D eigenvalue weighted by Gasteiger charge is 2.11. The first kappa shape index (κ1) is 23.6. The molecule has 0 aliphatic carbocycles. The molecule has 0 atom stereocenters. The second-order valence-electron chi connectivity index (χ2n) is 6.63. The predicted octanol–water partition coefficient (Wildman–Crippen LogP) is 5.49. The summed E-state index contributed by atoms with van der Waals surface area (Å²) in [6, 6.07) is 24.5. The lowest BCUT2D eigenvalue weighted by Gasteiger charge is -2.10. The molecular weight excluding hydrogens is 562 g/mol. The average Bonchev–Trinajstić information content (AvgIpc) is 3.11. The summed E-state index contributed by atoms with van der Waals surface area (Å²) in [5.74, 6) is 0. The van der Waals surface area contributed by atoms with E-state index < -0.39 is 10.0 Å². The largest absolute Gasteiger partial charge is 0.312 e. The van der Waals surface area contributed by atoms with Crippen LogP contribution in [-0.4, -0.2) is 13.0 Å². The molecule has 0 fully saturated rings. The smallest absolute Gasteiger partial charge is 0.238 e. The molecule has 31 heavy (non-hydrogen) atoms. The van der Waals surface area contributed by atoms with E-state index in [9.17, 15) is 8.42 Å². The maximum absolute atomic E-state index is 11.5. The first-order valence-corrected chi connectivity index (χ1v) is 12.3. The Morgan fingerprint density at radius 3 is 2.19 bits per heavy atom. The van der Waals surface area contributed by atoms with E-state index in [0.717, 1.165) is 31.8 Å². The van der Waals surface area contributed by atoms with E-state index in [4.69, 9.17) is 10.1 Å². The number of primary sulfonamides is 1. The van der Waals surface area contributed by atoms with Gasteiger partial charge in [-0.05, 0) is 47.5 Å². The van der Waals surface area contributed by atoms with Gasteiger partial charge in [0.05, 0.1) is 22.8 Å². The third kappa shape index (κ3) is 5.81. The van der Waals surface area contributed by atoms with Crippen LogP contribution < -0.4 is 9.94 Å². The molecule has 4 rings (SSSR count). The van der Waals surface area contributed by atoms with Crippen LogP contribution in [0.1, 0.15) is 5.56 Å². The fourth-order valence-electron chi connectivity index (χ4n) is 3.00. The molecule has 0 aliphatic rings. The van der Waals surface area contributed by atoms with Gasteiger partial charge in [-0.3, -0.25) is 0 Å². The Hall–Kier alpha value is -2.04. The van der Waals surface area contributed by atoms with Gasteiger partial charge in [0.25, 0.3) is 0 Å². The predicted molar refractivity (Wildman–Crippen MR) is 134 cm³/mol. The number of rotatable bonds is 5. The Labute approximate surface area is 203 Å². The monoisotopic (exact) mass is 579 g/mol. The fraction of sp³-hybridized carbons (Fsp3) is 0.0455. The van der Waals surface area contributed by atoms with Gasteiger partial charge in [-0.1, -0.05) is 58.4 Å². The number of hydrogen-bond acceptors (Lipinski definition) is 4. The standard InChI is InChI=1S/C22H18BrN3O2S2.BrH/c23-18-10-8-17(9-11-18)21-15-29-22(25-19-4-2-1-3-5-19)26(21)14-16-6-12-20(13-7-16)30(24,27)28;/h1-13,15H,14H2,(H2,24,27,28);1H. The number of aromatic nitrogens is 1. The van der Waals surface area contributed by atoms with Gasteiger partial charge in [-0.15, -0.1) is 28.3 Å². The molecule has 0 spiro atoms. The Morgan fingerprint density at radius 1 is 0.935 bits per heavy atom. The summed E-state index contributed by atoms with van der Waals surface area (Å²) in [4.78, 5) is 5.77. The molecule has 2 N–H and O–H groups in total. The quantitative estimate of drug-likeness (QED) is 0.339. The van der Waals surface area contributed by atoms with E-state index in [1.54, 1.807) is 23.5 Å². The van der Waals surface area contributed by atoms with Gasteiger partial charge < -0.3 is 4.57 Å². The van der Waals surface area contributed by atoms with Crippen molar-refractivity contribution < 1.29 is 8.42 Å². The number of nitrogens with two attached hydrogens (primary N) is 1. The van der Waals surface area contributed by atoms with Crippen molar-refractivity contribution >= 4 is 60.0 Å². The summed E-state index contributed by atoms with van der Waals surface area (Å²) in [6.45, 7) is 0.547. The maximum Gasteiger partial charge on any atom is 0.238 e. The molecule has 160 valence electrons. The average molecular weight is 581 g/mol. The van der Waals surface area contributed by atoms with Crippen molar-refractivity contribution in [2.45, 2.75) is 11.4 Å². The molecular formula is C22H19Br2N3O2S2. The van der Waals surface area contributed by atoms with Crippen molar-refractivity contribution in [3.8, 4) is 11.3 Å². The van der Waals surface area contributed by atoms with Gasteiger partial charge in [-0.2, -0.15) is 0 Å². The highest BCUT2D eigenvalue weighted by atomic mass is 79.9. The topological polar surface area (TPSA) is 77.5 Å².